The van der Waals surface area contributed by atoms with E-state index in [0.29, 0.717) is 0 Å². The van der Waals surface area contributed by atoms with Gasteiger partial charge in [0.15, 0.2) is 0 Å². The van der Waals surface area contributed by atoms with Gasteiger partial charge in [0, 0.05) is 16.1 Å². The highest BCUT2D eigenvalue weighted by Gasteiger charge is 2.06. The molecule has 0 aliphatic heterocycles. The van der Waals surface area contributed by atoms with E-state index in [1.165, 1.54) is 10.5 Å². The molecule has 0 aliphatic rings. The van der Waals surface area contributed by atoms with Crippen molar-refractivity contribution < 1.29 is 0 Å². The summed E-state index contributed by atoms with van der Waals surface area (Å²) in [5.74, 6) is 0. The van der Waals surface area contributed by atoms with Gasteiger partial charge in [-0.05, 0) is 30.5 Å². The highest BCUT2D eigenvalue weighted by atomic mass is 32.2. The van der Waals surface area contributed by atoms with Crippen LogP contribution in [0, 0.1) is 0 Å². The molecule has 2 nitrogen and oxygen atoms in total. The van der Waals surface area contributed by atoms with Crippen LogP contribution in [-0.4, -0.2) is 15.8 Å². The molecule has 0 atom stereocenters. The van der Waals surface area contributed by atoms with Crippen LogP contribution >= 0.6 is 11.8 Å². The Bertz CT molecular complexity index is 657. The summed E-state index contributed by atoms with van der Waals surface area (Å²) in [6, 6.07) is 18.8. The maximum atomic E-state index is 4.28. The molecule has 0 amide bonds. The molecule has 0 saturated carbocycles. The number of benzene rings is 2. The zero-order valence-electron chi connectivity index (χ0n) is 10.7. The van der Waals surface area contributed by atoms with E-state index < -0.39 is 0 Å². The number of hydrogen-bond donors (Lipinski definition) is 0. The highest BCUT2D eigenvalue weighted by molar-refractivity contribution is 7.98. The van der Waals surface area contributed by atoms with E-state index in [9.17, 15) is 0 Å². The van der Waals surface area contributed by atoms with E-state index in [1.807, 2.05) is 30.7 Å². The van der Waals surface area contributed by atoms with Crippen molar-refractivity contribution >= 4 is 11.8 Å². The number of aromatic nitrogens is 2. The normalized spacial score (nSPS) is 10.6. The second-order valence-electron chi connectivity index (χ2n) is 4.21. The number of rotatable bonds is 3. The number of para-hydroxylation sites is 1. The van der Waals surface area contributed by atoms with Crippen molar-refractivity contribution in [3.63, 3.8) is 0 Å². The monoisotopic (exact) mass is 266 g/mol. The van der Waals surface area contributed by atoms with Gasteiger partial charge in [0.2, 0.25) is 0 Å². The lowest BCUT2D eigenvalue weighted by Crippen LogP contribution is -1.94. The van der Waals surface area contributed by atoms with E-state index in [4.69, 9.17) is 0 Å². The fourth-order valence-electron chi connectivity index (χ4n) is 2.06. The second-order valence-corrected chi connectivity index (χ2v) is 5.09. The van der Waals surface area contributed by atoms with Crippen molar-refractivity contribution in [2.75, 3.05) is 6.26 Å². The van der Waals surface area contributed by atoms with Crippen LogP contribution in [0.2, 0.25) is 0 Å². The van der Waals surface area contributed by atoms with Crippen molar-refractivity contribution in [1.29, 1.82) is 0 Å². The minimum Gasteiger partial charge on any atom is -0.299 e. The van der Waals surface area contributed by atoms with Crippen molar-refractivity contribution in [1.82, 2.24) is 9.55 Å². The molecule has 3 heteroatoms. The molecule has 0 bridgehead atoms. The number of imidazole rings is 1. The van der Waals surface area contributed by atoms with Crippen molar-refractivity contribution in [3.8, 4) is 16.9 Å². The topological polar surface area (TPSA) is 17.8 Å². The van der Waals surface area contributed by atoms with Gasteiger partial charge in [-0.3, -0.25) is 4.57 Å². The van der Waals surface area contributed by atoms with Gasteiger partial charge >= 0.3 is 0 Å². The largest absolute Gasteiger partial charge is 0.299 e. The first-order valence-corrected chi connectivity index (χ1v) is 7.33. The van der Waals surface area contributed by atoms with E-state index in [2.05, 4.69) is 52.2 Å². The molecule has 0 N–H and O–H groups in total. The van der Waals surface area contributed by atoms with Crippen LogP contribution in [0.25, 0.3) is 16.9 Å². The van der Waals surface area contributed by atoms with Crippen LogP contribution in [0.1, 0.15) is 0 Å². The van der Waals surface area contributed by atoms with Crippen LogP contribution in [0.4, 0.5) is 0 Å². The molecule has 19 heavy (non-hydrogen) atoms. The molecular weight excluding hydrogens is 252 g/mol. The molecule has 0 unspecified atom stereocenters. The first-order chi connectivity index (χ1) is 9.38. The predicted molar refractivity (Wildman–Crippen MR) is 80.8 cm³/mol. The number of nitrogens with zero attached hydrogens (tertiary/aromatic N) is 2. The molecule has 3 rings (SSSR count). The molecular formula is C16H14N2S. The van der Waals surface area contributed by atoms with Crippen LogP contribution in [0.3, 0.4) is 0 Å². The summed E-state index contributed by atoms with van der Waals surface area (Å²) in [6.07, 6.45) is 5.84. The first-order valence-electron chi connectivity index (χ1n) is 6.10. The summed E-state index contributed by atoms with van der Waals surface area (Å²) in [7, 11) is 0. The molecule has 1 heterocycles. The SMILES string of the molecule is CSc1ccc(-c2cncn2-c2ccccc2)cc1. The molecule has 2 aromatic carbocycles. The van der Waals surface area contributed by atoms with Gasteiger partial charge < -0.3 is 0 Å². The van der Waals surface area contributed by atoms with Crippen molar-refractivity contribution in [3.05, 3.63) is 67.1 Å². The summed E-state index contributed by atoms with van der Waals surface area (Å²) < 4.78 is 2.11. The Labute approximate surface area is 117 Å². The summed E-state index contributed by atoms with van der Waals surface area (Å²) in [5.41, 5.74) is 3.42. The van der Waals surface area contributed by atoms with E-state index in [1.54, 1.807) is 11.8 Å². The second kappa shape index (κ2) is 5.33. The van der Waals surface area contributed by atoms with Gasteiger partial charge in [0.1, 0.15) is 0 Å². The first kappa shape index (κ1) is 12.1. The Balaban J connectivity index is 2.04. The standard InChI is InChI=1S/C16H14N2S/c1-19-15-9-7-13(8-10-15)16-11-17-12-18(16)14-5-3-2-4-6-14/h2-12H,1H3. The third-order valence-corrected chi connectivity index (χ3v) is 3.80. The summed E-state index contributed by atoms with van der Waals surface area (Å²) in [5, 5.41) is 0. The third kappa shape index (κ3) is 2.42. The van der Waals surface area contributed by atoms with E-state index in [0.717, 1.165) is 11.4 Å². The minimum atomic E-state index is 1.11. The molecule has 0 aliphatic carbocycles. The van der Waals surface area contributed by atoms with Gasteiger partial charge in [-0.15, -0.1) is 11.8 Å². The number of hydrogen-bond acceptors (Lipinski definition) is 2. The number of thioether (sulfide) groups is 1. The Hall–Kier alpha value is -2.00. The van der Waals surface area contributed by atoms with Crippen LogP contribution in [0.15, 0.2) is 72.0 Å². The molecule has 0 saturated heterocycles. The van der Waals surface area contributed by atoms with Gasteiger partial charge in [0.05, 0.1) is 18.2 Å². The van der Waals surface area contributed by atoms with E-state index in [-0.39, 0.29) is 0 Å². The maximum Gasteiger partial charge on any atom is 0.0997 e. The third-order valence-electron chi connectivity index (χ3n) is 3.06. The van der Waals surface area contributed by atoms with Crippen LogP contribution < -0.4 is 0 Å². The highest BCUT2D eigenvalue weighted by Crippen LogP contribution is 2.25. The van der Waals surface area contributed by atoms with E-state index >= 15 is 0 Å². The Morgan fingerprint density at radius 3 is 2.37 bits per heavy atom. The Morgan fingerprint density at radius 1 is 0.947 bits per heavy atom. The van der Waals surface area contributed by atoms with Gasteiger partial charge in [-0.2, -0.15) is 0 Å². The lowest BCUT2D eigenvalue weighted by Gasteiger charge is -2.08. The smallest absolute Gasteiger partial charge is 0.0997 e. The fraction of sp³-hybridized carbons (Fsp3) is 0.0625. The average Bonchev–Trinajstić information content (AvgIpc) is 2.98. The van der Waals surface area contributed by atoms with Gasteiger partial charge in [-0.1, -0.05) is 30.3 Å². The van der Waals surface area contributed by atoms with Crippen molar-refractivity contribution in [2.45, 2.75) is 4.90 Å². The Morgan fingerprint density at radius 2 is 1.68 bits per heavy atom. The lowest BCUT2D eigenvalue weighted by molar-refractivity contribution is 1.06. The zero-order chi connectivity index (χ0) is 13.1. The van der Waals surface area contributed by atoms with Gasteiger partial charge in [0.25, 0.3) is 0 Å². The minimum absolute atomic E-state index is 1.11. The zero-order valence-corrected chi connectivity index (χ0v) is 11.5. The van der Waals surface area contributed by atoms with Crippen LogP contribution in [0.5, 0.6) is 0 Å². The Kier molecular flexibility index (Phi) is 3.38. The molecule has 94 valence electrons. The summed E-state index contributed by atoms with van der Waals surface area (Å²) >= 11 is 1.75. The van der Waals surface area contributed by atoms with Gasteiger partial charge in [-0.25, -0.2) is 4.98 Å². The summed E-state index contributed by atoms with van der Waals surface area (Å²) in [6.45, 7) is 0. The fourth-order valence-corrected chi connectivity index (χ4v) is 2.47. The van der Waals surface area contributed by atoms with Crippen molar-refractivity contribution in [2.24, 2.45) is 0 Å². The van der Waals surface area contributed by atoms with Crippen LogP contribution in [-0.2, 0) is 0 Å². The lowest BCUT2D eigenvalue weighted by atomic mass is 10.1. The average molecular weight is 266 g/mol. The molecule has 0 fully saturated rings. The molecule has 1 aromatic heterocycles. The molecule has 3 aromatic rings. The maximum absolute atomic E-state index is 4.28. The predicted octanol–water partition coefficient (Wildman–Crippen LogP) is 4.26. The quantitative estimate of drug-likeness (QED) is 0.659. The molecule has 0 spiro atoms. The summed E-state index contributed by atoms with van der Waals surface area (Å²) in [4.78, 5) is 5.55. The molecule has 0 radical (unpaired) electrons.